The molecule has 1 aromatic rings. The Hall–Kier alpha value is -0.690. The summed E-state index contributed by atoms with van der Waals surface area (Å²) in [5.74, 6) is -0.329. The summed E-state index contributed by atoms with van der Waals surface area (Å²) in [5.41, 5.74) is 5.53. The molecule has 20 heavy (non-hydrogen) atoms. The molecule has 0 aliphatic carbocycles. The molecule has 0 saturated carbocycles. The Morgan fingerprint density at radius 2 is 2.20 bits per heavy atom. The van der Waals surface area contributed by atoms with Crippen LogP contribution in [0.15, 0.2) is 23.1 Å². The third-order valence-electron chi connectivity index (χ3n) is 3.59. The van der Waals surface area contributed by atoms with Crippen molar-refractivity contribution in [1.82, 2.24) is 4.31 Å². The third kappa shape index (κ3) is 3.31. The van der Waals surface area contributed by atoms with Gasteiger partial charge in [0.2, 0.25) is 10.0 Å². The summed E-state index contributed by atoms with van der Waals surface area (Å²) in [6.45, 7) is 1.51. The van der Waals surface area contributed by atoms with Crippen LogP contribution in [0.3, 0.4) is 0 Å². The van der Waals surface area contributed by atoms with Crippen LogP contribution in [0.2, 0.25) is 5.02 Å². The zero-order chi connectivity index (χ0) is 14.8. The van der Waals surface area contributed by atoms with Crippen molar-refractivity contribution in [3.63, 3.8) is 0 Å². The predicted octanol–water partition coefficient (Wildman–Crippen LogP) is 2.23. The fraction of sp³-hybridized carbons (Fsp3) is 0.538. The van der Waals surface area contributed by atoms with Gasteiger partial charge in [-0.15, -0.1) is 0 Å². The van der Waals surface area contributed by atoms with Crippen LogP contribution < -0.4 is 5.73 Å². The van der Waals surface area contributed by atoms with Crippen molar-refractivity contribution < 1.29 is 12.8 Å². The maximum Gasteiger partial charge on any atom is 0.243 e. The highest BCUT2D eigenvalue weighted by Crippen LogP contribution is 2.27. The van der Waals surface area contributed by atoms with Crippen LogP contribution in [-0.2, 0) is 10.0 Å². The largest absolute Gasteiger partial charge is 0.330 e. The quantitative estimate of drug-likeness (QED) is 0.925. The summed E-state index contributed by atoms with van der Waals surface area (Å²) in [4.78, 5) is 0.0392. The minimum atomic E-state index is -3.61. The highest BCUT2D eigenvalue weighted by Gasteiger charge is 2.30. The Morgan fingerprint density at radius 3 is 2.85 bits per heavy atom. The van der Waals surface area contributed by atoms with E-state index in [2.05, 4.69) is 0 Å². The molecule has 0 bridgehead atoms. The lowest BCUT2D eigenvalue weighted by molar-refractivity contribution is 0.258. The zero-order valence-electron chi connectivity index (χ0n) is 11.1. The van der Waals surface area contributed by atoms with Crippen LogP contribution in [-0.4, -0.2) is 32.4 Å². The lowest BCUT2D eigenvalue weighted by Gasteiger charge is -2.31. The Morgan fingerprint density at radius 1 is 1.45 bits per heavy atom. The molecule has 1 aliphatic rings. The number of hydrogen-bond acceptors (Lipinski definition) is 3. The molecule has 7 heteroatoms. The molecule has 1 heterocycles. The first-order valence-electron chi connectivity index (χ1n) is 6.60. The Balaban J connectivity index is 2.23. The fourth-order valence-electron chi connectivity index (χ4n) is 2.50. The van der Waals surface area contributed by atoms with E-state index in [-0.39, 0.29) is 9.92 Å². The molecule has 112 valence electrons. The molecular formula is C13H18ClFN2O2S. The van der Waals surface area contributed by atoms with Gasteiger partial charge in [-0.05, 0) is 49.9 Å². The summed E-state index contributed by atoms with van der Waals surface area (Å²) in [6, 6.07) is 3.50. The summed E-state index contributed by atoms with van der Waals surface area (Å²) in [7, 11) is -3.61. The van der Waals surface area contributed by atoms with Gasteiger partial charge in [0.25, 0.3) is 0 Å². The van der Waals surface area contributed by atoms with E-state index in [4.69, 9.17) is 17.3 Å². The molecule has 1 aromatic carbocycles. The SMILES string of the molecule is NCCC1CCCN(S(=O)(=O)c2ccc(F)c(Cl)c2)C1. The first kappa shape index (κ1) is 15.7. The maximum atomic E-state index is 13.1. The second-order valence-corrected chi connectivity index (χ2v) is 7.37. The van der Waals surface area contributed by atoms with Gasteiger partial charge in [-0.1, -0.05) is 11.6 Å². The number of hydrogen-bond donors (Lipinski definition) is 1. The van der Waals surface area contributed by atoms with E-state index in [0.29, 0.717) is 25.6 Å². The number of piperidine rings is 1. The Labute approximate surface area is 123 Å². The van der Waals surface area contributed by atoms with Crippen molar-refractivity contribution in [2.24, 2.45) is 11.7 Å². The van der Waals surface area contributed by atoms with Crippen molar-refractivity contribution in [2.45, 2.75) is 24.2 Å². The van der Waals surface area contributed by atoms with E-state index in [1.54, 1.807) is 0 Å². The lowest BCUT2D eigenvalue weighted by Crippen LogP contribution is -2.40. The molecule has 1 atom stereocenters. The first-order chi connectivity index (χ1) is 9.45. The molecule has 2 N–H and O–H groups in total. The lowest BCUT2D eigenvalue weighted by atomic mass is 9.96. The molecular weight excluding hydrogens is 303 g/mol. The molecule has 1 fully saturated rings. The zero-order valence-corrected chi connectivity index (χ0v) is 12.6. The van der Waals surface area contributed by atoms with Gasteiger partial charge in [-0.25, -0.2) is 12.8 Å². The summed E-state index contributed by atoms with van der Waals surface area (Å²) in [6.07, 6.45) is 2.63. The number of sulfonamides is 1. The fourth-order valence-corrected chi connectivity index (χ4v) is 4.33. The van der Waals surface area contributed by atoms with Gasteiger partial charge >= 0.3 is 0 Å². The van der Waals surface area contributed by atoms with E-state index in [0.717, 1.165) is 25.3 Å². The van der Waals surface area contributed by atoms with E-state index in [1.165, 1.54) is 16.4 Å². The molecule has 0 radical (unpaired) electrons. The van der Waals surface area contributed by atoms with Crippen molar-refractivity contribution in [3.8, 4) is 0 Å². The molecule has 1 aliphatic heterocycles. The van der Waals surface area contributed by atoms with E-state index in [1.807, 2.05) is 0 Å². The van der Waals surface area contributed by atoms with E-state index in [9.17, 15) is 12.8 Å². The summed E-state index contributed by atoms with van der Waals surface area (Å²) >= 11 is 5.66. The van der Waals surface area contributed by atoms with E-state index >= 15 is 0 Å². The minimum absolute atomic E-state index is 0.0392. The molecule has 1 unspecified atom stereocenters. The van der Waals surface area contributed by atoms with Crippen LogP contribution in [0.4, 0.5) is 4.39 Å². The normalized spacial score (nSPS) is 21.1. The molecule has 0 spiro atoms. The molecule has 0 aromatic heterocycles. The standard InChI is InChI=1S/C13H18ClFN2O2S/c14-12-8-11(3-4-13(12)15)20(18,19)17-7-1-2-10(9-17)5-6-16/h3-4,8,10H,1-2,5-7,9,16H2. The average Bonchev–Trinajstić information content (AvgIpc) is 2.42. The monoisotopic (exact) mass is 320 g/mol. The van der Waals surface area contributed by atoms with Gasteiger partial charge in [-0.3, -0.25) is 0 Å². The van der Waals surface area contributed by atoms with Crippen LogP contribution in [0.5, 0.6) is 0 Å². The third-order valence-corrected chi connectivity index (χ3v) is 5.74. The van der Waals surface area contributed by atoms with Gasteiger partial charge in [0.1, 0.15) is 5.82 Å². The van der Waals surface area contributed by atoms with Crippen molar-refractivity contribution in [3.05, 3.63) is 29.0 Å². The summed E-state index contributed by atoms with van der Waals surface area (Å²) in [5, 5.41) is -0.179. The summed E-state index contributed by atoms with van der Waals surface area (Å²) < 4.78 is 39.6. The highest BCUT2D eigenvalue weighted by molar-refractivity contribution is 7.89. The highest BCUT2D eigenvalue weighted by atomic mass is 35.5. The molecule has 4 nitrogen and oxygen atoms in total. The van der Waals surface area contributed by atoms with Crippen LogP contribution in [0.1, 0.15) is 19.3 Å². The van der Waals surface area contributed by atoms with Crippen molar-refractivity contribution in [1.29, 1.82) is 0 Å². The Bertz CT molecular complexity index is 578. The minimum Gasteiger partial charge on any atom is -0.330 e. The van der Waals surface area contributed by atoms with Gasteiger partial charge in [0.05, 0.1) is 9.92 Å². The Kier molecular flexibility index (Phi) is 5.01. The number of nitrogens with two attached hydrogens (primary N) is 1. The number of rotatable bonds is 4. The topological polar surface area (TPSA) is 63.4 Å². The number of nitrogens with zero attached hydrogens (tertiary/aromatic N) is 1. The predicted molar refractivity (Wildman–Crippen MR) is 76.6 cm³/mol. The van der Waals surface area contributed by atoms with Crippen LogP contribution >= 0.6 is 11.6 Å². The smallest absolute Gasteiger partial charge is 0.243 e. The molecule has 1 saturated heterocycles. The average molecular weight is 321 g/mol. The molecule has 2 rings (SSSR count). The van der Waals surface area contributed by atoms with Crippen LogP contribution in [0, 0.1) is 11.7 Å². The van der Waals surface area contributed by atoms with E-state index < -0.39 is 15.8 Å². The van der Waals surface area contributed by atoms with Crippen molar-refractivity contribution in [2.75, 3.05) is 19.6 Å². The molecule has 0 amide bonds. The second-order valence-electron chi connectivity index (χ2n) is 5.02. The maximum absolute atomic E-state index is 13.1. The first-order valence-corrected chi connectivity index (χ1v) is 8.42. The van der Waals surface area contributed by atoms with Crippen molar-refractivity contribution >= 4 is 21.6 Å². The number of benzene rings is 1. The van der Waals surface area contributed by atoms with Gasteiger partial charge < -0.3 is 5.73 Å². The van der Waals surface area contributed by atoms with Gasteiger partial charge in [0, 0.05) is 13.1 Å². The number of halogens is 2. The van der Waals surface area contributed by atoms with Crippen LogP contribution in [0.25, 0.3) is 0 Å². The van der Waals surface area contributed by atoms with Gasteiger partial charge in [-0.2, -0.15) is 4.31 Å². The van der Waals surface area contributed by atoms with Gasteiger partial charge in [0.15, 0.2) is 0 Å². The second kappa shape index (κ2) is 6.39.